The first-order valence-corrected chi connectivity index (χ1v) is 11.0. The first kappa shape index (κ1) is 18.9. The molecule has 160 valence electrons. The minimum Gasteiger partial charge on any atom is -0.348 e. The minimum atomic E-state index is -0.404. The molecule has 1 N–H and O–H groups in total. The number of aromatic nitrogens is 8. The maximum Gasteiger partial charge on any atom is 0.285 e. The van der Waals surface area contributed by atoms with Crippen LogP contribution >= 0.6 is 11.3 Å². The molecule has 0 aromatic carbocycles. The summed E-state index contributed by atoms with van der Waals surface area (Å²) in [6.07, 6.45) is 6.12. The summed E-state index contributed by atoms with van der Waals surface area (Å²) in [5.41, 5.74) is 5.44. The molecule has 0 radical (unpaired) electrons. The van der Waals surface area contributed by atoms with Crippen LogP contribution in [-0.4, -0.2) is 56.9 Å². The molecule has 0 unspecified atom stereocenters. The number of H-pyrrole nitrogens is 1. The Bertz CT molecular complexity index is 1460. The highest BCUT2D eigenvalue weighted by Crippen LogP contribution is 2.35. The van der Waals surface area contributed by atoms with E-state index in [9.17, 15) is 4.79 Å². The Morgan fingerprint density at radius 3 is 2.94 bits per heavy atom. The Labute approximate surface area is 186 Å². The highest BCUT2D eigenvalue weighted by Gasteiger charge is 2.37. The number of hydrogen-bond acceptors (Lipinski definition) is 7. The van der Waals surface area contributed by atoms with Gasteiger partial charge in [0.15, 0.2) is 5.01 Å². The van der Waals surface area contributed by atoms with E-state index in [0.29, 0.717) is 28.7 Å². The van der Waals surface area contributed by atoms with Gasteiger partial charge in [-0.05, 0) is 30.7 Å². The SMILES string of the molecule is Cc1cccn2nc([C@@H]3c4nc[nH]c4CCN3C(=O)c3nnc(-c4ccn(C)n4)s3)cc12. The predicted molar refractivity (Wildman–Crippen MR) is 117 cm³/mol. The number of rotatable bonds is 3. The van der Waals surface area contributed by atoms with Gasteiger partial charge in [0.1, 0.15) is 11.7 Å². The summed E-state index contributed by atoms with van der Waals surface area (Å²) in [5.74, 6) is -0.183. The van der Waals surface area contributed by atoms with Crippen LogP contribution in [0.25, 0.3) is 16.2 Å². The molecule has 11 heteroatoms. The Kier molecular flexibility index (Phi) is 4.18. The van der Waals surface area contributed by atoms with Crippen molar-refractivity contribution in [2.75, 3.05) is 6.54 Å². The normalized spacial score (nSPS) is 15.9. The third-order valence-electron chi connectivity index (χ3n) is 5.74. The number of aromatic amines is 1. The van der Waals surface area contributed by atoms with E-state index in [4.69, 9.17) is 5.10 Å². The lowest BCUT2D eigenvalue weighted by molar-refractivity contribution is 0.0685. The maximum absolute atomic E-state index is 13.6. The van der Waals surface area contributed by atoms with E-state index in [-0.39, 0.29) is 5.91 Å². The monoisotopic (exact) mass is 445 g/mol. The zero-order valence-electron chi connectivity index (χ0n) is 17.4. The second-order valence-corrected chi connectivity index (χ2v) is 8.77. The van der Waals surface area contributed by atoms with Gasteiger partial charge in [-0.3, -0.25) is 9.48 Å². The number of imidazole rings is 1. The summed E-state index contributed by atoms with van der Waals surface area (Å²) < 4.78 is 3.54. The number of carbonyl (C=O) groups excluding carboxylic acids is 1. The summed E-state index contributed by atoms with van der Waals surface area (Å²) in [5, 5.41) is 18.5. The van der Waals surface area contributed by atoms with Crippen LogP contribution in [0.4, 0.5) is 0 Å². The molecule has 0 saturated heterocycles. The van der Waals surface area contributed by atoms with Crippen LogP contribution in [0.3, 0.4) is 0 Å². The standard InChI is InChI=1S/C21H19N9OS/c1-12-4-3-7-30-16(12)10-15(27-30)18-17-13(22-11-23-17)6-9-29(18)21(31)20-25-24-19(32-20)14-5-8-28(2)26-14/h3-5,7-8,10-11,18H,6,9H2,1-2H3,(H,22,23)/t18-/m1/s1. The van der Waals surface area contributed by atoms with Crippen LogP contribution in [0.15, 0.2) is 43.0 Å². The topological polar surface area (TPSA) is 110 Å². The molecule has 1 amide bonds. The second-order valence-electron chi connectivity index (χ2n) is 7.79. The van der Waals surface area contributed by atoms with E-state index in [1.807, 2.05) is 55.1 Å². The quantitative estimate of drug-likeness (QED) is 0.457. The Hall–Kier alpha value is -3.86. The average molecular weight is 446 g/mol. The molecule has 5 aromatic rings. The molecule has 0 saturated carbocycles. The van der Waals surface area contributed by atoms with Gasteiger partial charge >= 0.3 is 0 Å². The smallest absolute Gasteiger partial charge is 0.285 e. The molecule has 32 heavy (non-hydrogen) atoms. The molecule has 0 spiro atoms. The van der Waals surface area contributed by atoms with Crippen molar-refractivity contribution in [3.8, 4) is 10.7 Å². The molecular formula is C21H19N9OS. The molecule has 1 aliphatic rings. The zero-order chi connectivity index (χ0) is 21.8. The van der Waals surface area contributed by atoms with Crippen molar-refractivity contribution in [1.82, 2.24) is 44.5 Å². The maximum atomic E-state index is 13.6. The second kappa shape index (κ2) is 7.09. The fourth-order valence-corrected chi connectivity index (χ4v) is 4.93. The fourth-order valence-electron chi connectivity index (χ4n) is 4.17. The molecule has 5 aromatic heterocycles. The van der Waals surface area contributed by atoms with Crippen LogP contribution in [0.1, 0.15) is 38.5 Å². The number of nitrogens with zero attached hydrogens (tertiary/aromatic N) is 8. The molecule has 6 heterocycles. The number of carbonyl (C=O) groups is 1. The molecular weight excluding hydrogens is 426 g/mol. The van der Waals surface area contributed by atoms with Gasteiger partial charge in [0.25, 0.3) is 5.91 Å². The van der Waals surface area contributed by atoms with E-state index >= 15 is 0 Å². The van der Waals surface area contributed by atoms with E-state index in [1.54, 1.807) is 15.9 Å². The molecule has 1 aliphatic heterocycles. The summed E-state index contributed by atoms with van der Waals surface area (Å²) >= 11 is 1.25. The first-order chi connectivity index (χ1) is 15.6. The third kappa shape index (κ3) is 2.93. The van der Waals surface area contributed by atoms with Gasteiger partial charge in [0.05, 0.1) is 23.2 Å². The van der Waals surface area contributed by atoms with Crippen LogP contribution in [0.5, 0.6) is 0 Å². The number of fused-ring (bicyclic) bond motifs is 2. The number of hydrogen-bond donors (Lipinski definition) is 1. The van der Waals surface area contributed by atoms with Crippen molar-refractivity contribution in [3.63, 3.8) is 0 Å². The summed E-state index contributed by atoms with van der Waals surface area (Å²) in [4.78, 5) is 23.1. The number of aryl methyl sites for hydroxylation is 2. The Morgan fingerprint density at radius 2 is 2.12 bits per heavy atom. The zero-order valence-corrected chi connectivity index (χ0v) is 18.2. The molecule has 0 bridgehead atoms. The lowest BCUT2D eigenvalue weighted by Crippen LogP contribution is -2.41. The van der Waals surface area contributed by atoms with Crippen molar-refractivity contribution < 1.29 is 4.79 Å². The van der Waals surface area contributed by atoms with Crippen molar-refractivity contribution in [2.45, 2.75) is 19.4 Å². The van der Waals surface area contributed by atoms with Gasteiger partial charge in [0, 0.05) is 38.1 Å². The van der Waals surface area contributed by atoms with Crippen LogP contribution in [0, 0.1) is 6.92 Å². The van der Waals surface area contributed by atoms with Crippen molar-refractivity contribution in [3.05, 3.63) is 70.6 Å². The number of pyridine rings is 1. The molecule has 6 rings (SSSR count). The summed E-state index contributed by atoms with van der Waals surface area (Å²) in [7, 11) is 1.84. The Morgan fingerprint density at radius 1 is 1.22 bits per heavy atom. The molecule has 0 aliphatic carbocycles. The van der Waals surface area contributed by atoms with Gasteiger partial charge in [-0.2, -0.15) is 10.2 Å². The molecule has 1 atom stereocenters. The fraction of sp³-hybridized carbons (Fsp3) is 0.238. The van der Waals surface area contributed by atoms with E-state index < -0.39 is 6.04 Å². The van der Waals surface area contributed by atoms with Gasteiger partial charge in [-0.15, -0.1) is 10.2 Å². The predicted octanol–water partition coefficient (Wildman–Crippen LogP) is 2.41. The van der Waals surface area contributed by atoms with Crippen LogP contribution < -0.4 is 0 Å². The average Bonchev–Trinajstić information content (AvgIpc) is 3.57. The molecule has 10 nitrogen and oxygen atoms in total. The van der Waals surface area contributed by atoms with Crippen LogP contribution in [-0.2, 0) is 13.5 Å². The number of nitrogens with one attached hydrogen (secondary N) is 1. The third-order valence-corrected chi connectivity index (χ3v) is 6.67. The van der Waals surface area contributed by atoms with Gasteiger partial charge in [-0.1, -0.05) is 17.4 Å². The summed E-state index contributed by atoms with van der Waals surface area (Å²) in [6.45, 7) is 2.58. The van der Waals surface area contributed by atoms with Crippen LogP contribution in [0.2, 0.25) is 0 Å². The molecule has 0 fully saturated rings. The van der Waals surface area contributed by atoms with E-state index in [1.165, 1.54) is 11.3 Å². The summed E-state index contributed by atoms with van der Waals surface area (Å²) in [6, 6.07) is 7.49. The van der Waals surface area contributed by atoms with Gasteiger partial charge < -0.3 is 9.88 Å². The van der Waals surface area contributed by atoms with Crippen molar-refractivity contribution in [2.24, 2.45) is 7.05 Å². The largest absolute Gasteiger partial charge is 0.348 e. The minimum absolute atomic E-state index is 0.183. The highest BCUT2D eigenvalue weighted by atomic mass is 32.1. The first-order valence-electron chi connectivity index (χ1n) is 10.2. The van der Waals surface area contributed by atoms with Gasteiger partial charge in [0.2, 0.25) is 5.01 Å². The van der Waals surface area contributed by atoms with Crippen molar-refractivity contribution in [1.29, 1.82) is 0 Å². The van der Waals surface area contributed by atoms with E-state index in [0.717, 1.165) is 28.2 Å². The number of amides is 1. The lowest BCUT2D eigenvalue weighted by Gasteiger charge is -2.33. The van der Waals surface area contributed by atoms with E-state index in [2.05, 4.69) is 25.3 Å². The van der Waals surface area contributed by atoms with Crippen molar-refractivity contribution >= 4 is 22.8 Å². The Balaban J connectivity index is 1.41. The lowest BCUT2D eigenvalue weighted by atomic mass is 9.99. The van der Waals surface area contributed by atoms with Gasteiger partial charge in [-0.25, -0.2) is 9.50 Å². The highest BCUT2D eigenvalue weighted by molar-refractivity contribution is 7.16.